The van der Waals surface area contributed by atoms with E-state index in [0.29, 0.717) is 6.04 Å². The lowest BCUT2D eigenvalue weighted by molar-refractivity contribution is 0.689. The fraction of sp³-hybridized carbons (Fsp3) is 0.267. The molecule has 2 aromatic rings. The number of halogens is 1. The minimum atomic E-state index is 0.700. The molecule has 0 bridgehead atoms. The number of rotatable bonds is 4. The molecule has 1 N–H and O–H groups in total. The van der Waals surface area contributed by atoms with Crippen LogP contribution in [0.15, 0.2) is 42.7 Å². The van der Waals surface area contributed by atoms with Crippen molar-refractivity contribution in [3.05, 3.63) is 53.3 Å². The van der Waals surface area contributed by atoms with Crippen molar-refractivity contribution >= 4 is 11.6 Å². The van der Waals surface area contributed by atoms with Crippen LogP contribution in [0.3, 0.4) is 0 Å². The zero-order valence-electron chi connectivity index (χ0n) is 10.1. The van der Waals surface area contributed by atoms with Crippen molar-refractivity contribution in [3.63, 3.8) is 0 Å². The highest BCUT2D eigenvalue weighted by Gasteiger charge is 2.20. The van der Waals surface area contributed by atoms with E-state index in [-0.39, 0.29) is 0 Å². The van der Waals surface area contributed by atoms with Crippen LogP contribution in [0.1, 0.15) is 18.4 Å². The Morgan fingerprint density at radius 2 is 2.17 bits per heavy atom. The summed E-state index contributed by atoms with van der Waals surface area (Å²) in [6.45, 7) is 0.870. The topological polar surface area (TPSA) is 24.9 Å². The average molecular weight is 259 g/mol. The molecule has 1 aliphatic rings. The Balaban J connectivity index is 1.91. The van der Waals surface area contributed by atoms with Crippen LogP contribution in [0.4, 0.5) is 0 Å². The van der Waals surface area contributed by atoms with Gasteiger partial charge in [0.25, 0.3) is 0 Å². The van der Waals surface area contributed by atoms with Gasteiger partial charge in [0.15, 0.2) is 0 Å². The zero-order chi connectivity index (χ0) is 12.4. The van der Waals surface area contributed by atoms with Crippen molar-refractivity contribution < 1.29 is 0 Å². The van der Waals surface area contributed by atoms with Crippen molar-refractivity contribution in [2.45, 2.75) is 25.4 Å². The Kier molecular flexibility index (Phi) is 3.31. The van der Waals surface area contributed by atoms with Crippen molar-refractivity contribution in [2.75, 3.05) is 0 Å². The van der Waals surface area contributed by atoms with Gasteiger partial charge in [-0.2, -0.15) is 0 Å². The summed E-state index contributed by atoms with van der Waals surface area (Å²) < 4.78 is 0. The number of hydrogen-bond donors (Lipinski definition) is 1. The summed E-state index contributed by atoms with van der Waals surface area (Å²) in [6, 6.07) is 10.8. The Hall–Kier alpha value is -1.38. The molecule has 1 aliphatic carbocycles. The smallest absolute Gasteiger partial charge is 0.0409 e. The number of nitrogens with one attached hydrogen (secondary N) is 1. The number of aromatic nitrogens is 1. The monoisotopic (exact) mass is 258 g/mol. The van der Waals surface area contributed by atoms with E-state index in [1.807, 2.05) is 24.4 Å². The van der Waals surface area contributed by atoms with Crippen LogP contribution < -0.4 is 5.32 Å². The summed E-state index contributed by atoms with van der Waals surface area (Å²) in [5, 5.41) is 4.32. The molecular formula is C15H15ClN2. The van der Waals surface area contributed by atoms with Crippen LogP contribution in [-0.4, -0.2) is 11.0 Å². The molecule has 2 nitrogen and oxygen atoms in total. The lowest BCUT2D eigenvalue weighted by Gasteiger charge is -2.11. The summed E-state index contributed by atoms with van der Waals surface area (Å²) >= 11 is 6.09. The van der Waals surface area contributed by atoms with E-state index >= 15 is 0 Å². The Bertz CT molecular complexity index is 535. The molecule has 0 unspecified atom stereocenters. The van der Waals surface area contributed by atoms with Crippen LogP contribution in [0.2, 0.25) is 5.02 Å². The van der Waals surface area contributed by atoms with Gasteiger partial charge in [0.05, 0.1) is 0 Å². The molecule has 3 heteroatoms. The van der Waals surface area contributed by atoms with Gasteiger partial charge in [-0.15, -0.1) is 0 Å². The Morgan fingerprint density at radius 3 is 2.89 bits per heavy atom. The van der Waals surface area contributed by atoms with Crippen LogP contribution in [-0.2, 0) is 6.54 Å². The molecule has 0 aliphatic heterocycles. The first kappa shape index (κ1) is 11.7. The molecule has 1 aromatic carbocycles. The van der Waals surface area contributed by atoms with Crippen molar-refractivity contribution in [2.24, 2.45) is 0 Å². The fourth-order valence-electron chi connectivity index (χ4n) is 2.05. The first-order valence-corrected chi connectivity index (χ1v) is 6.63. The second-order valence-electron chi connectivity index (χ2n) is 4.70. The van der Waals surface area contributed by atoms with E-state index < -0.39 is 0 Å². The van der Waals surface area contributed by atoms with E-state index in [2.05, 4.69) is 22.4 Å². The third-order valence-corrected chi connectivity index (χ3v) is 3.43. The van der Waals surface area contributed by atoms with Crippen molar-refractivity contribution in [1.29, 1.82) is 0 Å². The second kappa shape index (κ2) is 5.09. The summed E-state index contributed by atoms with van der Waals surface area (Å²) in [5.41, 5.74) is 3.59. The third-order valence-electron chi connectivity index (χ3n) is 3.20. The van der Waals surface area contributed by atoms with Gasteiger partial charge in [-0.1, -0.05) is 23.7 Å². The third kappa shape index (κ3) is 2.71. The predicted molar refractivity (Wildman–Crippen MR) is 74.5 cm³/mol. The van der Waals surface area contributed by atoms with E-state index in [4.69, 9.17) is 11.6 Å². The van der Waals surface area contributed by atoms with Crippen LogP contribution in [0, 0.1) is 0 Å². The van der Waals surface area contributed by atoms with Gasteiger partial charge >= 0.3 is 0 Å². The van der Waals surface area contributed by atoms with Gasteiger partial charge < -0.3 is 5.32 Å². The number of nitrogens with zero attached hydrogens (tertiary/aromatic N) is 1. The summed E-state index contributed by atoms with van der Waals surface area (Å²) in [5.74, 6) is 0. The van der Waals surface area contributed by atoms with Crippen molar-refractivity contribution in [3.8, 4) is 11.1 Å². The maximum Gasteiger partial charge on any atom is 0.0409 e. The van der Waals surface area contributed by atoms with E-state index in [9.17, 15) is 0 Å². The molecule has 1 fully saturated rings. The van der Waals surface area contributed by atoms with Gasteiger partial charge in [0.2, 0.25) is 0 Å². The van der Waals surface area contributed by atoms with E-state index in [1.165, 1.54) is 24.0 Å². The summed E-state index contributed by atoms with van der Waals surface area (Å²) in [7, 11) is 0. The molecule has 1 aromatic heterocycles. The largest absolute Gasteiger partial charge is 0.310 e. The van der Waals surface area contributed by atoms with E-state index in [1.54, 1.807) is 6.20 Å². The summed E-state index contributed by atoms with van der Waals surface area (Å²) in [6.07, 6.45) is 6.27. The van der Waals surface area contributed by atoms with Crippen LogP contribution in [0.25, 0.3) is 11.1 Å². The molecule has 18 heavy (non-hydrogen) atoms. The number of pyridine rings is 1. The van der Waals surface area contributed by atoms with Crippen LogP contribution in [0.5, 0.6) is 0 Å². The normalized spacial score (nSPS) is 14.7. The zero-order valence-corrected chi connectivity index (χ0v) is 10.8. The minimum Gasteiger partial charge on any atom is -0.310 e. The standard InChI is InChI=1S/C15H15ClN2/c16-13-3-6-15(11-2-1-7-17-9-11)12(8-13)10-18-14-4-5-14/h1-3,6-9,14,18H,4-5,10H2. The first-order valence-electron chi connectivity index (χ1n) is 6.25. The fourth-order valence-corrected chi connectivity index (χ4v) is 2.25. The molecule has 1 saturated carbocycles. The number of hydrogen-bond acceptors (Lipinski definition) is 2. The Morgan fingerprint density at radius 1 is 1.28 bits per heavy atom. The quantitative estimate of drug-likeness (QED) is 0.905. The van der Waals surface area contributed by atoms with Crippen molar-refractivity contribution in [1.82, 2.24) is 10.3 Å². The minimum absolute atomic E-state index is 0.700. The maximum atomic E-state index is 6.09. The second-order valence-corrected chi connectivity index (χ2v) is 5.13. The lowest BCUT2D eigenvalue weighted by Crippen LogP contribution is -2.15. The van der Waals surface area contributed by atoms with Gasteiger partial charge in [0, 0.05) is 35.6 Å². The molecule has 0 atom stereocenters. The molecule has 0 saturated heterocycles. The van der Waals surface area contributed by atoms with Crippen LogP contribution >= 0.6 is 11.6 Å². The lowest BCUT2D eigenvalue weighted by atomic mass is 10.0. The predicted octanol–water partition coefficient (Wildman–Crippen LogP) is 3.65. The van der Waals surface area contributed by atoms with E-state index in [0.717, 1.165) is 17.1 Å². The van der Waals surface area contributed by atoms with Gasteiger partial charge in [-0.25, -0.2) is 0 Å². The molecule has 92 valence electrons. The highest BCUT2D eigenvalue weighted by Crippen LogP contribution is 2.27. The SMILES string of the molecule is Clc1ccc(-c2cccnc2)c(CNC2CC2)c1. The molecule has 0 amide bonds. The molecule has 0 spiro atoms. The first-order chi connectivity index (χ1) is 8.83. The molecular weight excluding hydrogens is 244 g/mol. The van der Waals surface area contributed by atoms with Gasteiger partial charge in [-0.05, 0) is 42.2 Å². The molecule has 1 heterocycles. The highest BCUT2D eigenvalue weighted by atomic mass is 35.5. The number of benzene rings is 1. The molecule has 3 rings (SSSR count). The average Bonchev–Trinajstić information content (AvgIpc) is 3.21. The highest BCUT2D eigenvalue weighted by molar-refractivity contribution is 6.30. The van der Waals surface area contributed by atoms with Gasteiger partial charge in [-0.3, -0.25) is 4.98 Å². The summed E-state index contributed by atoms with van der Waals surface area (Å²) in [4.78, 5) is 4.18. The maximum absolute atomic E-state index is 6.09. The Labute approximate surface area is 112 Å². The van der Waals surface area contributed by atoms with Gasteiger partial charge in [0.1, 0.15) is 0 Å². The molecule has 0 radical (unpaired) electrons.